The van der Waals surface area contributed by atoms with Gasteiger partial charge in [0.2, 0.25) is 0 Å². The highest BCUT2D eigenvalue weighted by Gasteiger charge is 2.30. The molecule has 19 heteroatoms. The van der Waals surface area contributed by atoms with Gasteiger partial charge < -0.3 is 33.8 Å². The van der Waals surface area contributed by atoms with Crippen molar-refractivity contribution < 1.29 is 80.2 Å². The van der Waals surface area contributed by atoms with Crippen molar-refractivity contribution in [3.63, 3.8) is 0 Å². The minimum absolute atomic E-state index is 0.105. The number of aliphatic hydroxyl groups excluding tert-OH is 1. The van der Waals surface area contributed by atoms with Gasteiger partial charge in [-0.3, -0.25) is 37.3 Å². The van der Waals surface area contributed by atoms with Crippen molar-refractivity contribution in [3.8, 4) is 0 Å². The molecule has 0 spiro atoms. The van der Waals surface area contributed by atoms with E-state index in [9.17, 15) is 43.2 Å². The van der Waals surface area contributed by atoms with Crippen LogP contribution in [0.5, 0.6) is 0 Å². The number of ether oxygens (including phenoxy) is 4. The van der Waals surface area contributed by atoms with Crippen LogP contribution in [0.1, 0.15) is 330 Å². The number of phosphoric acid groups is 2. The quantitative estimate of drug-likeness (QED) is 0.0222. The van der Waals surface area contributed by atoms with E-state index in [4.69, 9.17) is 37.0 Å². The maximum absolute atomic E-state index is 13.0. The highest BCUT2D eigenvalue weighted by atomic mass is 31.2. The molecule has 0 amide bonds. The van der Waals surface area contributed by atoms with Crippen molar-refractivity contribution >= 4 is 39.5 Å². The Kier molecular flexibility index (Phi) is 57.4. The van der Waals surface area contributed by atoms with Crippen LogP contribution in [-0.2, 0) is 65.4 Å². The molecular formula is C65H126O17P2. The molecule has 84 heavy (non-hydrogen) atoms. The monoisotopic (exact) mass is 1240 g/mol. The summed E-state index contributed by atoms with van der Waals surface area (Å²) in [6.45, 7) is 7.12. The summed E-state index contributed by atoms with van der Waals surface area (Å²) in [5.74, 6) is -1.41. The second-order valence-electron chi connectivity index (χ2n) is 24.0. The molecule has 0 fully saturated rings. The minimum atomic E-state index is -4.94. The maximum atomic E-state index is 13.0. The summed E-state index contributed by atoms with van der Waals surface area (Å²) in [5, 5.41) is 10.5. The third-order valence-corrected chi connectivity index (χ3v) is 16.9. The second-order valence-corrected chi connectivity index (χ2v) is 26.9. The first-order valence-electron chi connectivity index (χ1n) is 34.1. The predicted molar refractivity (Wildman–Crippen MR) is 335 cm³/mol. The van der Waals surface area contributed by atoms with Crippen LogP contribution in [0, 0.1) is 5.92 Å². The fourth-order valence-electron chi connectivity index (χ4n) is 9.76. The average Bonchev–Trinajstić information content (AvgIpc) is 3.48. The number of aliphatic hydroxyl groups is 1. The zero-order valence-electron chi connectivity index (χ0n) is 54.0. The normalized spacial score (nSPS) is 14.2. The van der Waals surface area contributed by atoms with Crippen LogP contribution in [0.15, 0.2) is 0 Å². The van der Waals surface area contributed by atoms with Gasteiger partial charge in [-0.25, -0.2) is 9.13 Å². The molecule has 0 aromatic rings. The fourth-order valence-corrected chi connectivity index (χ4v) is 11.3. The summed E-state index contributed by atoms with van der Waals surface area (Å²) in [4.78, 5) is 72.1. The van der Waals surface area contributed by atoms with E-state index < -0.39 is 97.5 Å². The number of carbonyl (C=O) groups excluding carboxylic acids is 4. The Morgan fingerprint density at radius 2 is 0.548 bits per heavy atom. The van der Waals surface area contributed by atoms with E-state index in [0.717, 1.165) is 109 Å². The van der Waals surface area contributed by atoms with Gasteiger partial charge in [0.25, 0.3) is 0 Å². The van der Waals surface area contributed by atoms with Gasteiger partial charge in [0.05, 0.1) is 26.4 Å². The molecule has 0 saturated carbocycles. The molecule has 0 aromatic carbocycles. The average molecular weight is 1240 g/mol. The van der Waals surface area contributed by atoms with Gasteiger partial charge in [-0.05, 0) is 31.6 Å². The Labute approximate surface area is 511 Å². The SMILES string of the molecule is CCCCCCCCCCCCCCCCCCCC(=O)O[C@H](COC(=O)CCCCCCCCCCC(C)C)COP(=O)(O)OC[C@@H](O)COP(=O)(O)OC[C@@H](COC(=O)CCCCCCCCCC)OC(=O)CCCCCCCCCC. The minimum Gasteiger partial charge on any atom is -0.462 e. The fraction of sp³-hybridized carbons (Fsp3) is 0.938. The summed E-state index contributed by atoms with van der Waals surface area (Å²) in [7, 11) is -9.88. The lowest BCUT2D eigenvalue weighted by atomic mass is 10.0. The molecule has 0 radical (unpaired) electrons. The topological polar surface area (TPSA) is 237 Å². The Hall–Kier alpha value is -1.94. The molecule has 17 nitrogen and oxygen atoms in total. The molecule has 0 bridgehead atoms. The zero-order chi connectivity index (χ0) is 62.0. The van der Waals surface area contributed by atoms with Gasteiger partial charge in [-0.15, -0.1) is 0 Å². The lowest BCUT2D eigenvalue weighted by molar-refractivity contribution is -0.161. The molecule has 3 N–H and O–H groups in total. The highest BCUT2D eigenvalue weighted by Crippen LogP contribution is 2.45. The van der Waals surface area contributed by atoms with Crippen LogP contribution in [0.3, 0.4) is 0 Å². The van der Waals surface area contributed by atoms with Crippen molar-refractivity contribution in [2.75, 3.05) is 39.6 Å². The van der Waals surface area contributed by atoms with Gasteiger partial charge in [-0.1, -0.05) is 279 Å². The third-order valence-electron chi connectivity index (χ3n) is 15.0. The van der Waals surface area contributed by atoms with E-state index in [2.05, 4.69) is 34.6 Å². The first kappa shape index (κ1) is 82.1. The Bertz CT molecular complexity index is 1640. The summed E-state index contributed by atoms with van der Waals surface area (Å²) in [6, 6.07) is 0. The van der Waals surface area contributed by atoms with Gasteiger partial charge in [0, 0.05) is 25.7 Å². The number of unbranched alkanes of at least 4 members (excludes halogenated alkanes) is 37. The van der Waals surface area contributed by atoms with E-state index >= 15 is 0 Å². The van der Waals surface area contributed by atoms with Gasteiger partial charge in [-0.2, -0.15) is 0 Å². The molecule has 2 unspecified atom stereocenters. The highest BCUT2D eigenvalue weighted by molar-refractivity contribution is 7.47. The largest absolute Gasteiger partial charge is 0.472 e. The van der Waals surface area contributed by atoms with Crippen LogP contribution in [-0.4, -0.2) is 96.7 Å². The number of rotatable bonds is 65. The molecule has 0 saturated heterocycles. The van der Waals surface area contributed by atoms with E-state index in [0.29, 0.717) is 25.7 Å². The summed E-state index contributed by atoms with van der Waals surface area (Å²) < 4.78 is 67.9. The molecule has 0 aliphatic rings. The first-order valence-corrected chi connectivity index (χ1v) is 37.1. The van der Waals surface area contributed by atoms with Crippen molar-refractivity contribution in [1.29, 1.82) is 0 Å². The van der Waals surface area contributed by atoms with Crippen LogP contribution in [0.4, 0.5) is 0 Å². The first-order chi connectivity index (χ1) is 40.5. The van der Waals surface area contributed by atoms with Crippen LogP contribution in [0.2, 0.25) is 0 Å². The van der Waals surface area contributed by atoms with E-state index in [1.165, 1.54) is 141 Å². The maximum Gasteiger partial charge on any atom is 0.472 e. The third kappa shape index (κ3) is 59.0. The Balaban J connectivity index is 5.18. The number of esters is 4. The van der Waals surface area contributed by atoms with Crippen molar-refractivity contribution in [1.82, 2.24) is 0 Å². The van der Waals surface area contributed by atoms with E-state index in [1.807, 2.05) is 0 Å². The van der Waals surface area contributed by atoms with Gasteiger partial charge in [0.1, 0.15) is 19.3 Å². The molecule has 0 heterocycles. The molecule has 0 aliphatic heterocycles. The molecular weight excluding hydrogens is 1110 g/mol. The van der Waals surface area contributed by atoms with Crippen molar-refractivity contribution in [2.45, 2.75) is 348 Å². The molecule has 5 atom stereocenters. The second kappa shape index (κ2) is 58.7. The Morgan fingerprint density at radius 3 is 0.810 bits per heavy atom. The standard InChI is InChI=1S/C65H126O17P2/c1-6-9-12-15-18-21-22-23-24-25-26-27-28-29-36-41-46-51-65(70)82-61(55-76-63(68)49-44-39-35-31-30-32-37-42-47-58(4)5)57-80-84(73,74)78-53-59(66)52-77-83(71,72)79-56-60(81-64(69)50-45-40-34-20-17-14-11-8-3)54-75-62(67)48-43-38-33-19-16-13-10-7-2/h58-61,66H,6-57H2,1-5H3,(H,71,72)(H,73,74)/t59-,60+,61+/m0/s1. The lowest BCUT2D eigenvalue weighted by Gasteiger charge is -2.21. The number of carbonyl (C=O) groups is 4. The van der Waals surface area contributed by atoms with Gasteiger partial charge in [0.15, 0.2) is 12.2 Å². The predicted octanol–water partition coefficient (Wildman–Crippen LogP) is 18.2. The summed E-state index contributed by atoms with van der Waals surface area (Å²) >= 11 is 0. The summed E-state index contributed by atoms with van der Waals surface area (Å²) in [5.41, 5.74) is 0. The lowest BCUT2D eigenvalue weighted by Crippen LogP contribution is -2.30. The van der Waals surface area contributed by atoms with Crippen molar-refractivity contribution in [3.05, 3.63) is 0 Å². The molecule has 498 valence electrons. The number of hydrogen-bond acceptors (Lipinski definition) is 15. The van der Waals surface area contributed by atoms with Crippen LogP contribution >= 0.6 is 15.6 Å². The molecule has 0 rings (SSSR count). The van der Waals surface area contributed by atoms with Gasteiger partial charge >= 0.3 is 39.5 Å². The molecule has 0 aromatic heterocycles. The van der Waals surface area contributed by atoms with E-state index in [-0.39, 0.29) is 25.7 Å². The summed E-state index contributed by atoms with van der Waals surface area (Å²) in [6.07, 6.45) is 43.2. The van der Waals surface area contributed by atoms with E-state index in [1.54, 1.807) is 0 Å². The van der Waals surface area contributed by atoms with Crippen LogP contribution < -0.4 is 0 Å². The Morgan fingerprint density at radius 1 is 0.321 bits per heavy atom. The molecule has 0 aliphatic carbocycles. The van der Waals surface area contributed by atoms with Crippen LogP contribution in [0.25, 0.3) is 0 Å². The van der Waals surface area contributed by atoms with Crippen molar-refractivity contribution in [2.24, 2.45) is 5.92 Å². The smallest absolute Gasteiger partial charge is 0.462 e. The number of phosphoric ester groups is 2. The number of hydrogen-bond donors (Lipinski definition) is 3. The zero-order valence-corrected chi connectivity index (χ0v) is 55.8.